The Bertz CT molecular complexity index is 2940. The van der Waals surface area contributed by atoms with Crippen LogP contribution in [0.1, 0.15) is 64.1 Å². The number of H-pyrrole nitrogens is 2. The van der Waals surface area contributed by atoms with Crippen molar-refractivity contribution in [3.63, 3.8) is 0 Å². The molecule has 0 spiro atoms. The largest absolute Gasteiger partial charge is 0.380 e. The molecule has 2 aliphatic heterocycles. The summed E-state index contributed by atoms with van der Waals surface area (Å²) in [6.45, 7) is 7.85. The van der Waals surface area contributed by atoms with Gasteiger partial charge in [0.15, 0.2) is 0 Å². The Kier molecular flexibility index (Phi) is 15.0. The summed E-state index contributed by atoms with van der Waals surface area (Å²) in [5.41, 5.74) is 14.9. The number of benzene rings is 3. The predicted octanol–water partition coefficient (Wildman–Crippen LogP) is 6.77. The van der Waals surface area contributed by atoms with E-state index in [2.05, 4.69) is 41.5 Å². The van der Waals surface area contributed by atoms with Gasteiger partial charge in [-0.2, -0.15) is 0 Å². The minimum Gasteiger partial charge on any atom is -0.380 e. The molecule has 2 aliphatic rings. The summed E-state index contributed by atoms with van der Waals surface area (Å²) in [7, 11) is 0. The number of rotatable bonds is 18. The van der Waals surface area contributed by atoms with Crippen LogP contribution in [0.5, 0.6) is 0 Å². The normalized spacial score (nSPS) is 14.3. The number of hydrogen-bond donors (Lipinski definition) is 8. The third kappa shape index (κ3) is 11.4. The number of aromatic nitrogens is 4. The number of ether oxygens (including phenoxy) is 1. The lowest BCUT2D eigenvalue weighted by atomic mass is 9.96. The number of piperidine rings is 1. The molecule has 5 heterocycles. The Morgan fingerprint density at radius 3 is 2.35 bits per heavy atom. The van der Waals surface area contributed by atoms with Crippen LogP contribution in [0, 0.1) is 32.4 Å². The summed E-state index contributed by atoms with van der Waals surface area (Å²) >= 11 is 6.35. The first-order valence-corrected chi connectivity index (χ1v) is 23.2. The topological polar surface area (TPSA) is 224 Å². The number of fused-ring (bicyclic) bond motifs is 2. The van der Waals surface area contributed by atoms with E-state index >= 15 is 0 Å². The first-order valence-electron chi connectivity index (χ1n) is 22.8. The van der Waals surface area contributed by atoms with Crippen molar-refractivity contribution in [3.05, 3.63) is 111 Å². The second-order valence-electron chi connectivity index (χ2n) is 17.2. The lowest BCUT2D eigenvalue weighted by molar-refractivity contribution is -0.122. The average Bonchev–Trinajstić information content (AvgIpc) is 3.96. The van der Waals surface area contributed by atoms with Crippen molar-refractivity contribution in [3.8, 4) is 22.5 Å². The highest BCUT2D eigenvalue weighted by Gasteiger charge is 2.29. The Hall–Kier alpha value is -7.15. The van der Waals surface area contributed by atoms with E-state index in [0.29, 0.717) is 86.7 Å². The molecule has 1 saturated heterocycles. The molecule has 3 aromatic heterocycles. The molecule has 9 N–H and O–H groups in total. The number of imidazole rings is 1. The number of nitrogens with zero attached hydrogens (tertiary/aromatic N) is 3. The zero-order valence-corrected chi connectivity index (χ0v) is 39.3. The number of carbonyl (C=O) groups is 4. The standard InChI is InChI=1S/C50H54ClF2N11O5/c1-27-20-30(22-33(53)21-27)37-26-59-47(45(46(37)64-16-8-34(54)9-17-64)48-61-39-6-4-31(51)23-41(39)62-48)57-14-12-55-42(65)10-18-69-19-11-43(66)56-13-15-58-50(68)44-28(2)40(60-29(44)3)25-36-35-24-32(52)5-7-38(35)63-49(36)67/h4-7,20-26,34,60H,8-19,54H2,1-3H3,(H,55,65)(H,56,66)(H,57,59)(H,58,68)(H,61,62)(H,63,67)/b36-25-. The summed E-state index contributed by atoms with van der Waals surface area (Å²) in [5, 5.41) is 15.1. The fourth-order valence-electron chi connectivity index (χ4n) is 8.68. The van der Waals surface area contributed by atoms with Crippen LogP contribution in [0.2, 0.25) is 5.02 Å². The molecule has 6 aromatic rings. The van der Waals surface area contributed by atoms with Gasteiger partial charge >= 0.3 is 0 Å². The summed E-state index contributed by atoms with van der Waals surface area (Å²) in [4.78, 5) is 69.6. The highest BCUT2D eigenvalue weighted by Crippen LogP contribution is 2.44. The molecular weight excluding hydrogens is 908 g/mol. The maximum atomic E-state index is 14.9. The second kappa shape index (κ2) is 21.4. The molecule has 360 valence electrons. The quantitative estimate of drug-likeness (QED) is 0.0334. The molecule has 4 amide bonds. The zero-order chi connectivity index (χ0) is 48.8. The molecule has 0 unspecified atom stereocenters. The molecule has 8 rings (SSSR count). The Labute approximate surface area is 402 Å². The lowest BCUT2D eigenvalue weighted by Crippen LogP contribution is -2.40. The molecule has 3 aromatic carbocycles. The molecule has 19 heteroatoms. The smallest absolute Gasteiger partial charge is 0.256 e. The van der Waals surface area contributed by atoms with Gasteiger partial charge in [-0.1, -0.05) is 17.7 Å². The average molecular weight is 963 g/mol. The molecule has 1 fully saturated rings. The predicted molar refractivity (Wildman–Crippen MR) is 264 cm³/mol. The van der Waals surface area contributed by atoms with Crippen LogP contribution in [0.15, 0.2) is 60.8 Å². The van der Waals surface area contributed by atoms with Gasteiger partial charge in [0.2, 0.25) is 11.8 Å². The van der Waals surface area contributed by atoms with Gasteiger partial charge in [-0.15, -0.1) is 0 Å². The third-order valence-corrected chi connectivity index (χ3v) is 12.4. The van der Waals surface area contributed by atoms with Crippen molar-refractivity contribution in [2.24, 2.45) is 5.73 Å². The summed E-state index contributed by atoms with van der Waals surface area (Å²) in [5.74, 6) is -0.968. The van der Waals surface area contributed by atoms with E-state index in [1.807, 2.05) is 25.1 Å². The third-order valence-electron chi connectivity index (χ3n) is 12.1. The van der Waals surface area contributed by atoms with Crippen LogP contribution in [0.4, 0.5) is 26.0 Å². The van der Waals surface area contributed by atoms with Crippen molar-refractivity contribution in [2.75, 3.05) is 68.0 Å². The monoisotopic (exact) mass is 961 g/mol. The van der Waals surface area contributed by atoms with E-state index in [-0.39, 0.29) is 86.8 Å². The van der Waals surface area contributed by atoms with Gasteiger partial charge in [-0.25, -0.2) is 18.7 Å². The number of aryl methyl sites for hydroxylation is 2. The number of pyridine rings is 1. The van der Waals surface area contributed by atoms with Gasteiger partial charge in [0.1, 0.15) is 23.3 Å². The second-order valence-corrected chi connectivity index (χ2v) is 17.6. The molecule has 0 bridgehead atoms. The van der Waals surface area contributed by atoms with Crippen LogP contribution in [-0.2, 0) is 19.1 Å². The maximum Gasteiger partial charge on any atom is 0.256 e. The fourth-order valence-corrected chi connectivity index (χ4v) is 8.85. The van der Waals surface area contributed by atoms with Gasteiger partial charge in [-0.3, -0.25) is 19.2 Å². The van der Waals surface area contributed by atoms with Crippen LogP contribution < -0.4 is 37.2 Å². The van der Waals surface area contributed by atoms with Crippen LogP contribution in [0.25, 0.3) is 45.2 Å². The summed E-state index contributed by atoms with van der Waals surface area (Å²) < 4.78 is 34.4. The Morgan fingerprint density at radius 2 is 1.61 bits per heavy atom. The SMILES string of the molecule is Cc1cc(F)cc(-c2cnc(NCCNC(=O)CCOCCC(=O)NCCNC(=O)c3c(C)[nH]c(/C=C4\C(=O)Nc5ccc(F)cc54)c3C)c(-c3nc4ccc(Cl)cc4[nH]3)c2N2CCC(N)CC2)c1. The van der Waals surface area contributed by atoms with Crippen LogP contribution in [-0.4, -0.2) is 102 Å². The number of nitrogens with two attached hydrogens (primary N) is 1. The van der Waals surface area contributed by atoms with Gasteiger partial charge in [-0.05, 0) is 105 Å². The van der Waals surface area contributed by atoms with Gasteiger partial charge in [0, 0.05) is 97.6 Å². The van der Waals surface area contributed by atoms with Gasteiger partial charge < -0.3 is 51.9 Å². The zero-order valence-electron chi connectivity index (χ0n) is 38.5. The summed E-state index contributed by atoms with van der Waals surface area (Å²) in [6.07, 6.45) is 5.04. The van der Waals surface area contributed by atoms with Crippen molar-refractivity contribution in [1.82, 2.24) is 35.9 Å². The van der Waals surface area contributed by atoms with Crippen LogP contribution >= 0.6 is 11.6 Å². The number of nitrogens with one attached hydrogen (secondary N) is 7. The van der Waals surface area contributed by atoms with E-state index < -0.39 is 5.82 Å². The number of halogens is 3. The lowest BCUT2D eigenvalue weighted by Gasteiger charge is -2.35. The van der Waals surface area contributed by atoms with Gasteiger partial charge in [0.25, 0.3) is 11.8 Å². The number of hydrogen-bond acceptors (Lipinski definition) is 10. The van der Waals surface area contributed by atoms with E-state index in [1.54, 1.807) is 32.2 Å². The van der Waals surface area contributed by atoms with E-state index in [9.17, 15) is 28.0 Å². The first-order chi connectivity index (χ1) is 33.2. The molecule has 69 heavy (non-hydrogen) atoms. The van der Waals surface area contributed by atoms with E-state index in [4.69, 9.17) is 32.0 Å². The van der Waals surface area contributed by atoms with E-state index in [1.165, 1.54) is 30.3 Å². The minimum atomic E-state index is -0.466. The van der Waals surface area contributed by atoms with Crippen LogP contribution in [0.3, 0.4) is 0 Å². The van der Waals surface area contributed by atoms with Gasteiger partial charge in [0.05, 0.1) is 46.6 Å². The molecule has 0 saturated carbocycles. The minimum absolute atomic E-state index is 0.0611. The Morgan fingerprint density at radius 1 is 0.884 bits per heavy atom. The van der Waals surface area contributed by atoms with E-state index in [0.717, 1.165) is 35.2 Å². The number of anilines is 3. The summed E-state index contributed by atoms with van der Waals surface area (Å²) in [6, 6.07) is 14.5. The molecular formula is C50H54ClF2N11O5. The molecule has 0 radical (unpaired) electrons. The fraction of sp³-hybridized carbons (Fsp3) is 0.320. The van der Waals surface area contributed by atoms with Crippen molar-refractivity contribution in [2.45, 2.75) is 52.5 Å². The molecule has 16 nitrogen and oxygen atoms in total. The Balaban J connectivity index is 0.797. The molecule has 0 aliphatic carbocycles. The highest BCUT2D eigenvalue weighted by molar-refractivity contribution is 6.35. The number of amides is 4. The van der Waals surface area contributed by atoms with Crippen molar-refractivity contribution in [1.29, 1.82) is 0 Å². The maximum absolute atomic E-state index is 14.9. The number of carbonyl (C=O) groups excluding carboxylic acids is 4. The molecule has 0 atom stereocenters. The van der Waals surface area contributed by atoms with Crippen molar-refractivity contribution < 1.29 is 32.7 Å². The number of aromatic amines is 2. The highest BCUT2D eigenvalue weighted by atomic mass is 35.5. The van der Waals surface area contributed by atoms with Crippen molar-refractivity contribution >= 4 is 75.1 Å². The first kappa shape index (κ1) is 48.3.